The maximum absolute atomic E-state index is 5.25. The second-order valence-corrected chi connectivity index (χ2v) is 3.90. The van der Waals surface area contributed by atoms with Gasteiger partial charge in [-0.2, -0.15) is 4.98 Å². The Morgan fingerprint density at radius 3 is 2.75 bits per heavy atom. The molecule has 16 heavy (non-hydrogen) atoms. The maximum Gasteiger partial charge on any atom is 0.240 e. The lowest BCUT2D eigenvalue weighted by atomic mass is 10.1. The minimum atomic E-state index is -0.520. The average Bonchev–Trinajstić information content (AvgIpc) is 2.74. The van der Waals surface area contributed by atoms with Crippen molar-refractivity contribution in [2.24, 2.45) is 0 Å². The molecule has 0 fully saturated rings. The molecule has 0 saturated heterocycles. The van der Waals surface area contributed by atoms with Crippen LogP contribution in [0.1, 0.15) is 25.6 Å². The minimum Gasteiger partial charge on any atom is -0.383 e. The summed E-state index contributed by atoms with van der Waals surface area (Å²) in [6, 6.07) is 0. The zero-order valence-corrected chi connectivity index (χ0v) is 10.2. The molecular formula is C10H19N3O3. The molecule has 0 amide bonds. The van der Waals surface area contributed by atoms with Gasteiger partial charge in [0.05, 0.1) is 13.2 Å². The lowest BCUT2D eigenvalue weighted by Gasteiger charge is -2.17. The lowest BCUT2D eigenvalue weighted by molar-refractivity contribution is 0.00973. The van der Waals surface area contributed by atoms with Gasteiger partial charge in [-0.3, -0.25) is 0 Å². The van der Waals surface area contributed by atoms with Gasteiger partial charge in [0.15, 0.2) is 0 Å². The summed E-state index contributed by atoms with van der Waals surface area (Å²) in [6.07, 6.45) is 0. The van der Waals surface area contributed by atoms with E-state index in [1.54, 1.807) is 14.2 Å². The van der Waals surface area contributed by atoms with Crippen molar-refractivity contribution >= 4 is 0 Å². The summed E-state index contributed by atoms with van der Waals surface area (Å²) in [4.78, 5) is 4.24. The Hall–Kier alpha value is -0.980. The fraction of sp³-hybridized carbons (Fsp3) is 0.800. The van der Waals surface area contributed by atoms with E-state index in [4.69, 9.17) is 14.0 Å². The molecule has 0 bridgehead atoms. The first-order valence-electron chi connectivity index (χ1n) is 5.18. The summed E-state index contributed by atoms with van der Waals surface area (Å²) in [5.74, 6) is 1.11. The predicted molar refractivity (Wildman–Crippen MR) is 57.9 cm³/mol. The smallest absolute Gasteiger partial charge is 0.240 e. The van der Waals surface area contributed by atoms with Crippen LogP contribution in [0, 0.1) is 0 Å². The van der Waals surface area contributed by atoms with Crippen LogP contribution in [0.5, 0.6) is 0 Å². The third-order valence-electron chi connectivity index (χ3n) is 2.28. The standard InChI is InChI=1S/C10H19N3O3/c1-10(2,15-4)9-12-8(16-13-9)7-11-5-6-14-3/h11H,5-7H2,1-4H3. The summed E-state index contributed by atoms with van der Waals surface area (Å²) in [5.41, 5.74) is -0.520. The molecule has 0 spiro atoms. The highest BCUT2D eigenvalue weighted by atomic mass is 16.5. The largest absolute Gasteiger partial charge is 0.383 e. The van der Waals surface area contributed by atoms with Crippen LogP contribution < -0.4 is 5.32 Å². The first kappa shape index (κ1) is 13.1. The minimum absolute atomic E-state index is 0.520. The Balaban J connectivity index is 2.45. The van der Waals surface area contributed by atoms with E-state index < -0.39 is 5.60 Å². The zero-order chi connectivity index (χ0) is 12.0. The van der Waals surface area contributed by atoms with E-state index in [-0.39, 0.29) is 0 Å². The van der Waals surface area contributed by atoms with Gasteiger partial charge >= 0.3 is 0 Å². The van der Waals surface area contributed by atoms with Crippen LogP contribution in [0.25, 0.3) is 0 Å². The molecule has 1 heterocycles. The van der Waals surface area contributed by atoms with Gasteiger partial charge in [-0.25, -0.2) is 0 Å². The third-order valence-corrected chi connectivity index (χ3v) is 2.28. The summed E-state index contributed by atoms with van der Waals surface area (Å²) < 4.78 is 15.3. The Morgan fingerprint density at radius 1 is 1.38 bits per heavy atom. The number of nitrogens with zero attached hydrogens (tertiary/aromatic N) is 2. The van der Waals surface area contributed by atoms with Crippen LogP contribution in [-0.2, 0) is 21.6 Å². The van der Waals surface area contributed by atoms with Crippen molar-refractivity contribution in [3.63, 3.8) is 0 Å². The first-order chi connectivity index (χ1) is 7.60. The van der Waals surface area contributed by atoms with Crippen molar-refractivity contribution in [2.75, 3.05) is 27.4 Å². The van der Waals surface area contributed by atoms with Crippen molar-refractivity contribution in [1.82, 2.24) is 15.5 Å². The molecule has 1 N–H and O–H groups in total. The van der Waals surface area contributed by atoms with Crippen molar-refractivity contribution in [3.05, 3.63) is 11.7 Å². The highest BCUT2D eigenvalue weighted by molar-refractivity contribution is 4.96. The number of ether oxygens (including phenoxy) is 2. The molecule has 0 unspecified atom stereocenters. The SMILES string of the molecule is COCCNCc1nc(C(C)(C)OC)no1. The quantitative estimate of drug-likeness (QED) is 0.694. The molecule has 0 aromatic carbocycles. The zero-order valence-electron chi connectivity index (χ0n) is 10.2. The predicted octanol–water partition coefficient (Wildman–Crippen LogP) is 0.687. The number of methoxy groups -OCH3 is 2. The summed E-state index contributed by atoms with van der Waals surface area (Å²) >= 11 is 0. The fourth-order valence-corrected chi connectivity index (χ4v) is 1.03. The Morgan fingerprint density at radius 2 is 2.12 bits per heavy atom. The fourth-order valence-electron chi connectivity index (χ4n) is 1.03. The van der Waals surface area contributed by atoms with E-state index in [1.807, 2.05) is 13.8 Å². The van der Waals surface area contributed by atoms with E-state index in [2.05, 4.69) is 15.5 Å². The van der Waals surface area contributed by atoms with E-state index in [0.29, 0.717) is 24.9 Å². The van der Waals surface area contributed by atoms with Gasteiger partial charge in [0.1, 0.15) is 5.60 Å². The highest BCUT2D eigenvalue weighted by Gasteiger charge is 2.25. The molecule has 0 atom stereocenters. The number of hydrogen-bond acceptors (Lipinski definition) is 6. The normalized spacial score (nSPS) is 12.0. The maximum atomic E-state index is 5.25. The second kappa shape index (κ2) is 5.93. The van der Waals surface area contributed by atoms with Crippen LogP contribution in [-0.4, -0.2) is 37.5 Å². The van der Waals surface area contributed by atoms with Crippen LogP contribution >= 0.6 is 0 Å². The van der Waals surface area contributed by atoms with E-state index in [1.165, 1.54) is 0 Å². The van der Waals surface area contributed by atoms with Crippen LogP contribution in [0.15, 0.2) is 4.52 Å². The van der Waals surface area contributed by atoms with Gasteiger partial charge in [-0.15, -0.1) is 0 Å². The van der Waals surface area contributed by atoms with Gasteiger partial charge in [-0.05, 0) is 13.8 Å². The van der Waals surface area contributed by atoms with Crippen LogP contribution in [0.3, 0.4) is 0 Å². The number of aromatic nitrogens is 2. The Bertz CT molecular complexity index is 312. The van der Waals surface area contributed by atoms with Crippen molar-refractivity contribution < 1.29 is 14.0 Å². The monoisotopic (exact) mass is 229 g/mol. The lowest BCUT2D eigenvalue weighted by Crippen LogP contribution is -2.22. The van der Waals surface area contributed by atoms with Crippen LogP contribution in [0.4, 0.5) is 0 Å². The molecular weight excluding hydrogens is 210 g/mol. The number of rotatable bonds is 7. The number of nitrogens with one attached hydrogen (secondary N) is 1. The third kappa shape index (κ3) is 3.55. The summed E-state index contributed by atoms with van der Waals surface area (Å²) in [6.45, 7) is 5.72. The molecule has 1 aromatic rings. The molecule has 0 radical (unpaired) electrons. The van der Waals surface area contributed by atoms with Gasteiger partial charge in [0.25, 0.3) is 0 Å². The Labute approximate surface area is 95.3 Å². The average molecular weight is 229 g/mol. The van der Waals surface area contributed by atoms with E-state index in [0.717, 1.165) is 6.54 Å². The molecule has 92 valence electrons. The molecule has 0 aliphatic carbocycles. The van der Waals surface area contributed by atoms with E-state index >= 15 is 0 Å². The molecule has 6 nitrogen and oxygen atoms in total. The van der Waals surface area contributed by atoms with Gasteiger partial charge in [0, 0.05) is 20.8 Å². The molecule has 1 rings (SSSR count). The van der Waals surface area contributed by atoms with Crippen LogP contribution in [0.2, 0.25) is 0 Å². The Kier molecular flexibility index (Phi) is 4.85. The molecule has 0 aliphatic heterocycles. The second-order valence-electron chi connectivity index (χ2n) is 3.90. The highest BCUT2D eigenvalue weighted by Crippen LogP contribution is 2.20. The van der Waals surface area contributed by atoms with Gasteiger partial charge in [-0.1, -0.05) is 5.16 Å². The molecule has 0 saturated carbocycles. The number of hydrogen-bond donors (Lipinski definition) is 1. The van der Waals surface area contributed by atoms with Crippen molar-refractivity contribution in [3.8, 4) is 0 Å². The molecule has 6 heteroatoms. The summed E-state index contributed by atoms with van der Waals surface area (Å²) in [7, 11) is 3.28. The van der Waals surface area contributed by atoms with Crippen molar-refractivity contribution in [2.45, 2.75) is 26.0 Å². The van der Waals surface area contributed by atoms with Gasteiger partial charge < -0.3 is 19.3 Å². The van der Waals surface area contributed by atoms with E-state index in [9.17, 15) is 0 Å². The van der Waals surface area contributed by atoms with Crippen molar-refractivity contribution in [1.29, 1.82) is 0 Å². The first-order valence-corrected chi connectivity index (χ1v) is 5.18. The molecule has 1 aromatic heterocycles. The topological polar surface area (TPSA) is 69.4 Å². The molecule has 0 aliphatic rings. The van der Waals surface area contributed by atoms with Gasteiger partial charge in [0.2, 0.25) is 11.7 Å². The summed E-state index contributed by atoms with van der Waals surface area (Å²) in [5, 5.41) is 7.00.